The van der Waals surface area contributed by atoms with Gasteiger partial charge in [-0.2, -0.15) is 0 Å². The van der Waals surface area contributed by atoms with Crippen LogP contribution in [-0.4, -0.2) is 30.9 Å². The third kappa shape index (κ3) is 4.31. The lowest BCUT2D eigenvalue weighted by Crippen LogP contribution is -2.34. The Labute approximate surface area is 169 Å². The molecule has 1 fully saturated rings. The van der Waals surface area contributed by atoms with Gasteiger partial charge in [-0.25, -0.2) is 4.79 Å². The zero-order valence-corrected chi connectivity index (χ0v) is 16.2. The van der Waals surface area contributed by atoms with E-state index in [2.05, 4.69) is 11.4 Å². The van der Waals surface area contributed by atoms with E-state index in [1.54, 1.807) is 29.2 Å². The van der Waals surface area contributed by atoms with E-state index in [9.17, 15) is 14.4 Å². The van der Waals surface area contributed by atoms with Crippen molar-refractivity contribution in [3.8, 4) is 0 Å². The van der Waals surface area contributed by atoms with Gasteiger partial charge >= 0.3 is 5.97 Å². The van der Waals surface area contributed by atoms with E-state index < -0.39 is 5.97 Å². The second-order valence-corrected chi connectivity index (χ2v) is 7.49. The van der Waals surface area contributed by atoms with Gasteiger partial charge in [0.15, 0.2) is 6.61 Å². The van der Waals surface area contributed by atoms with Gasteiger partial charge in [0.1, 0.15) is 0 Å². The average molecular weight is 392 g/mol. The first-order valence-electron chi connectivity index (χ1n) is 10.1. The Morgan fingerprint density at radius 2 is 1.93 bits per heavy atom. The molecule has 0 spiro atoms. The van der Waals surface area contributed by atoms with Crippen LogP contribution in [0.25, 0.3) is 0 Å². The van der Waals surface area contributed by atoms with Crippen molar-refractivity contribution in [2.75, 3.05) is 18.1 Å². The molecular weight excluding hydrogens is 368 g/mol. The third-order valence-electron chi connectivity index (χ3n) is 5.51. The Kier molecular flexibility index (Phi) is 5.60. The number of amides is 2. The molecule has 150 valence electrons. The van der Waals surface area contributed by atoms with Gasteiger partial charge in [0, 0.05) is 18.7 Å². The predicted molar refractivity (Wildman–Crippen MR) is 109 cm³/mol. The first kappa shape index (κ1) is 19.2. The number of nitrogens with zero attached hydrogens (tertiary/aromatic N) is 1. The van der Waals surface area contributed by atoms with E-state index in [0.717, 1.165) is 31.2 Å². The number of rotatable bonds is 5. The summed E-state index contributed by atoms with van der Waals surface area (Å²) in [7, 11) is 0. The highest BCUT2D eigenvalue weighted by molar-refractivity contribution is 5.97. The lowest BCUT2D eigenvalue weighted by Gasteiger charge is -2.26. The molecule has 2 aromatic rings. The largest absolute Gasteiger partial charge is 0.452 e. The van der Waals surface area contributed by atoms with Crippen molar-refractivity contribution in [2.45, 2.75) is 38.1 Å². The minimum absolute atomic E-state index is 0.0457. The van der Waals surface area contributed by atoms with E-state index in [1.165, 1.54) is 5.56 Å². The van der Waals surface area contributed by atoms with Crippen molar-refractivity contribution in [1.29, 1.82) is 0 Å². The zero-order chi connectivity index (χ0) is 20.2. The average Bonchev–Trinajstić information content (AvgIpc) is 3.18. The number of nitrogens with one attached hydrogen (secondary N) is 1. The molecule has 2 amide bonds. The quantitative estimate of drug-likeness (QED) is 0.793. The summed E-state index contributed by atoms with van der Waals surface area (Å²) in [6.45, 7) is 0.326. The van der Waals surface area contributed by atoms with Crippen molar-refractivity contribution >= 4 is 23.5 Å². The van der Waals surface area contributed by atoms with Crippen LogP contribution in [0.5, 0.6) is 0 Å². The van der Waals surface area contributed by atoms with Crippen molar-refractivity contribution < 1.29 is 19.1 Å². The van der Waals surface area contributed by atoms with E-state index in [4.69, 9.17) is 4.74 Å². The number of anilines is 1. The number of aryl methyl sites for hydroxylation is 1. The standard InChI is InChI=1S/C23H24N2O4/c26-21(24-20-11-4-7-16-6-1-2-10-19(16)20)15-29-23(28)17-8-3-9-18(14-17)25-13-5-12-22(25)27/h1-3,6,8-10,14,20H,4-5,7,11-13,15H2,(H,24,26)/t20-/m1/s1. The lowest BCUT2D eigenvalue weighted by atomic mass is 9.88. The summed E-state index contributed by atoms with van der Waals surface area (Å²) in [6.07, 6.45) is 4.26. The van der Waals surface area contributed by atoms with Gasteiger partial charge < -0.3 is 15.0 Å². The minimum Gasteiger partial charge on any atom is -0.452 e. The molecule has 2 aliphatic rings. The maximum Gasteiger partial charge on any atom is 0.338 e. The monoisotopic (exact) mass is 392 g/mol. The van der Waals surface area contributed by atoms with Crippen molar-refractivity contribution in [3.63, 3.8) is 0 Å². The highest BCUT2D eigenvalue weighted by Crippen LogP contribution is 2.29. The Bertz CT molecular complexity index is 940. The smallest absolute Gasteiger partial charge is 0.338 e. The third-order valence-corrected chi connectivity index (χ3v) is 5.51. The second kappa shape index (κ2) is 8.47. The van der Waals surface area contributed by atoms with E-state index in [-0.39, 0.29) is 24.5 Å². The van der Waals surface area contributed by atoms with E-state index in [1.807, 2.05) is 18.2 Å². The molecular formula is C23H24N2O4. The van der Waals surface area contributed by atoms with Crippen LogP contribution in [0, 0.1) is 0 Å². The Morgan fingerprint density at radius 1 is 1.07 bits per heavy atom. The SMILES string of the molecule is O=C(COC(=O)c1cccc(N2CCCC2=O)c1)N[C@@H]1CCCc2ccccc21. The molecule has 1 aliphatic heterocycles. The summed E-state index contributed by atoms with van der Waals surface area (Å²) >= 11 is 0. The van der Waals surface area contributed by atoms with E-state index in [0.29, 0.717) is 24.2 Å². The zero-order valence-electron chi connectivity index (χ0n) is 16.2. The molecule has 0 saturated carbocycles. The van der Waals surface area contributed by atoms with Crippen molar-refractivity contribution in [3.05, 3.63) is 65.2 Å². The first-order chi connectivity index (χ1) is 14.1. The molecule has 4 rings (SSSR count). The molecule has 1 N–H and O–H groups in total. The number of ether oxygens (including phenoxy) is 1. The summed E-state index contributed by atoms with van der Waals surface area (Å²) in [4.78, 5) is 38.3. The van der Waals surface area contributed by atoms with Crippen LogP contribution in [0.1, 0.15) is 53.2 Å². The second-order valence-electron chi connectivity index (χ2n) is 7.49. The van der Waals surface area contributed by atoms with Crippen LogP contribution in [0.4, 0.5) is 5.69 Å². The first-order valence-corrected chi connectivity index (χ1v) is 10.1. The maximum absolute atomic E-state index is 12.4. The number of carbonyl (C=O) groups excluding carboxylic acids is 3. The minimum atomic E-state index is -0.572. The van der Waals surface area contributed by atoms with Crippen LogP contribution in [0.3, 0.4) is 0 Å². The van der Waals surface area contributed by atoms with Gasteiger partial charge in [0.25, 0.3) is 5.91 Å². The lowest BCUT2D eigenvalue weighted by molar-refractivity contribution is -0.125. The Hall–Kier alpha value is -3.15. The fourth-order valence-electron chi connectivity index (χ4n) is 4.08. The highest BCUT2D eigenvalue weighted by Gasteiger charge is 2.24. The Balaban J connectivity index is 1.34. The van der Waals surface area contributed by atoms with Crippen LogP contribution in [-0.2, 0) is 20.7 Å². The molecule has 0 radical (unpaired) electrons. The fourth-order valence-corrected chi connectivity index (χ4v) is 4.08. The highest BCUT2D eigenvalue weighted by atomic mass is 16.5. The predicted octanol–water partition coefficient (Wildman–Crippen LogP) is 3.16. The topological polar surface area (TPSA) is 75.7 Å². The molecule has 1 atom stereocenters. The van der Waals surface area contributed by atoms with Gasteiger partial charge in [-0.15, -0.1) is 0 Å². The molecule has 29 heavy (non-hydrogen) atoms. The van der Waals surface area contributed by atoms with Gasteiger partial charge in [0.2, 0.25) is 5.91 Å². The summed E-state index contributed by atoms with van der Waals surface area (Å²) in [6, 6.07) is 14.8. The number of esters is 1. The maximum atomic E-state index is 12.4. The summed E-state index contributed by atoms with van der Waals surface area (Å²) in [5.74, 6) is -0.828. The van der Waals surface area contributed by atoms with Crippen LogP contribution < -0.4 is 10.2 Å². The van der Waals surface area contributed by atoms with E-state index >= 15 is 0 Å². The summed E-state index contributed by atoms with van der Waals surface area (Å²) in [5.41, 5.74) is 3.42. The number of carbonyl (C=O) groups is 3. The molecule has 0 aromatic heterocycles. The number of hydrogen-bond donors (Lipinski definition) is 1. The molecule has 2 aromatic carbocycles. The normalized spacial score (nSPS) is 18.3. The number of benzene rings is 2. The number of fused-ring (bicyclic) bond motifs is 1. The van der Waals surface area contributed by atoms with Crippen LogP contribution in [0.2, 0.25) is 0 Å². The Morgan fingerprint density at radius 3 is 2.76 bits per heavy atom. The summed E-state index contributed by atoms with van der Waals surface area (Å²) < 4.78 is 5.21. The fraction of sp³-hybridized carbons (Fsp3) is 0.348. The molecule has 1 aliphatic carbocycles. The van der Waals surface area contributed by atoms with Gasteiger partial charge in [0.05, 0.1) is 11.6 Å². The molecule has 1 saturated heterocycles. The molecule has 1 heterocycles. The van der Waals surface area contributed by atoms with Gasteiger partial charge in [-0.1, -0.05) is 30.3 Å². The summed E-state index contributed by atoms with van der Waals surface area (Å²) in [5, 5.41) is 2.97. The molecule has 0 bridgehead atoms. The van der Waals surface area contributed by atoms with Crippen LogP contribution in [0.15, 0.2) is 48.5 Å². The molecule has 6 nitrogen and oxygen atoms in total. The van der Waals surface area contributed by atoms with Gasteiger partial charge in [-0.3, -0.25) is 9.59 Å². The van der Waals surface area contributed by atoms with Crippen LogP contribution >= 0.6 is 0 Å². The van der Waals surface area contributed by atoms with Crippen molar-refractivity contribution in [2.24, 2.45) is 0 Å². The molecule has 6 heteroatoms. The number of hydrogen-bond acceptors (Lipinski definition) is 4. The molecule has 0 unspecified atom stereocenters. The van der Waals surface area contributed by atoms with Gasteiger partial charge in [-0.05, 0) is 55.0 Å². The van der Waals surface area contributed by atoms with Crippen molar-refractivity contribution in [1.82, 2.24) is 5.32 Å².